The van der Waals surface area contributed by atoms with Gasteiger partial charge in [-0.1, -0.05) is 38.5 Å². The van der Waals surface area contributed by atoms with Gasteiger partial charge in [-0.2, -0.15) is 8.78 Å². The molecule has 0 bridgehead atoms. The zero-order chi connectivity index (χ0) is 39.3. The second-order valence-corrected chi connectivity index (χ2v) is 12.5. The lowest BCUT2D eigenvalue weighted by Crippen LogP contribution is -2.58. The molecule has 0 aliphatic carbocycles. The number of esters is 1. The fourth-order valence-electron chi connectivity index (χ4n) is 5.02. The largest absolute Gasteiger partial charge is 0.420 e. The molecule has 0 heterocycles. The summed E-state index contributed by atoms with van der Waals surface area (Å²) in [6.45, 7) is 1.65. The van der Waals surface area contributed by atoms with Crippen LogP contribution in [0.2, 0.25) is 0 Å². The monoisotopic (exact) mass is 767 g/mol. The fraction of sp³-hybridized carbons (Fsp3) is 0.694. The quantitative estimate of drug-likeness (QED) is 0.0173. The second kappa shape index (κ2) is 28.9. The Bertz CT molecular complexity index is 1210. The number of aldehydes is 2. The van der Waals surface area contributed by atoms with E-state index in [4.69, 9.17) is 14.2 Å². The van der Waals surface area contributed by atoms with Crippen LogP contribution in [0.4, 0.5) is 22.0 Å². The van der Waals surface area contributed by atoms with E-state index in [0.29, 0.717) is 38.4 Å². The first kappa shape index (κ1) is 47.5. The summed E-state index contributed by atoms with van der Waals surface area (Å²) in [5.41, 5.74) is -1.13. The predicted molar refractivity (Wildman–Crippen MR) is 184 cm³/mol. The van der Waals surface area contributed by atoms with E-state index in [1.165, 1.54) is 0 Å². The number of amides is 2. The molecule has 0 aromatic heterocycles. The van der Waals surface area contributed by atoms with Gasteiger partial charge >= 0.3 is 5.97 Å². The number of nitrogens with one attached hydrogen (secondary N) is 3. The summed E-state index contributed by atoms with van der Waals surface area (Å²) in [5, 5.41) is 8.84. The van der Waals surface area contributed by atoms with Gasteiger partial charge in [0.25, 0.3) is 0 Å². The molecule has 53 heavy (non-hydrogen) atoms. The van der Waals surface area contributed by atoms with Gasteiger partial charge in [-0.25, -0.2) is 13.2 Å². The third-order valence-electron chi connectivity index (χ3n) is 7.87. The summed E-state index contributed by atoms with van der Waals surface area (Å²) in [4.78, 5) is 58.7. The maximum absolute atomic E-state index is 13.7. The summed E-state index contributed by atoms with van der Waals surface area (Å²) in [6, 6.07) is 0. The zero-order valence-corrected chi connectivity index (χ0v) is 30.5. The molecule has 0 aliphatic heterocycles. The summed E-state index contributed by atoms with van der Waals surface area (Å²) in [5.74, 6) is -14.3. The van der Waals surface area contributed by atoms with Gasteiger partial charge in [-0.3, -0.25) is 14.4 Å². The second-order valence-electron chi connectivity index (χ2n) is 12.5. The van der Waals surface area contributed by atoms with Crippen molar-refractivity contribution in [2.45, 2.75) is 102 Å². The number of ether oxygens (including phenoxy) is 4. The maximum atomic E-state index is 13.7. The molecule has 1 aromatic rings. The molecule has 0 fully saturated rings. The van der Waals surface area contributed by atoms with E-state index in [2.05, 4.69) is 20.7 Å². The van der Waals surface area contributed by atoms with Gasteiger partial charge in [-0.15, -0.1) is 0 Å². The van der Waals surface area contributed by atoms with Crippen LogP contribution in [-0.2, 0) is 38.2 Å². The van der Waals surface area contributed by atoms with Crippen LogP contribution in [0.5, 0.6) is 5.75 Å². The van der Waals surface area contributed by atoms with Crippen molar-refractivity contribution < 1.29 is 64.9 Å². The smallest absolute Gasteiger partial charge is 0.311 e. The molecular formula is C36H54F5N3O9. The Balaban J connectivity index is 2.48. The third kappa shape index (κ3) is 20.5. The van der Waals surface area contributed by atoms with E-state index in [1.807, 2.05) is 7.05 Å². The Kier molecular flexibility index (Phi) is 25.9. The molecule has 0 atom stereocenters. The normalized spacial score (nSPS) is 11.4. The van der Waals surface area contributed by atoms with Crippen molar-refractivity contribution in [1.29, 1.82) is 0 Å². The Labute approximate surface area is 307 Å². The van der Waals surface area contributed by atoms with E-state index in [0.717, 1.165) is 51.5 Å². The van der Waals surface area contributed by atoms with Crippen molar-refractivity contribution in [3.63, 3.8) is 0 Å². The van der Waals surface area contributed by atoms with E-state index in [9.17, 15) is 45.9 Å². The Morgan fingerprint density at radius 3 is 1.58 bits per heavy atom. The van der Waals surface area contributed by atoms with Crippen LogP contribution >= 0.6 is 0 Å². The number of halogens is 5. The van der Waals surface area contributed by atoms with Crippen LogP contribution in [0.15, 0.2) is 0 Å². The molecule has 0 aliphatic rings. The van der Waals surface area contributed by atoms with E-state index in [1.54, 1.807) is 0 Å². The molecular weight excluding hydrogens is 713 g/mol. The number of hydrogen-bond acceptors (Lipinski definition) is 10. The highest BCUT2D eigenvalue weighted by atomic mass is 19.2. The minimum Gasteiger partial charge on any atom is -0.420 e. The van der Waals surface area contributed by atoms with Crippen LogP contribution < -0.4 is 20.7 Å². The summed E-state index contributed by atoms with van der Waals surface area (Å²) < 4.78 is 88.7. The van der Waals surface area contributed by atoms with E-state index < -0.39 is 46.3 Å². The maximum Gasteiger partial charge on any atom is 0.311 e. The van der Waals surface area contributed by atoms with Crippen molar-refractivity contribution in [3.8, 4) is 5.75 Å². The molecule has 0 saturated heterocycles. The SMILES string of the molecule is CNCCCCNC(=O)CCOCC(COCCC=O)(COCCC=O)NC(=O)CCCCCCCCCCC(=O)Oc1c(F)c(F)c(F)c(F)c1F. The molecule has 17 heteroatoms. The molecule has 302 valence electrons. The van der Waals surface area contributed by atoms with Gasteiger partial charge in [0, 0.05) is 38.6 Å². The molecule has 0 unspecified atom stereocenters. The van der Waals surface area contributed by atoms with Crippen molar-refractivity contribution in [3.05, 3.63) is 29.1 Å². The first-order valence-corrected chi connectivity index (χ1v) is 18.1. The molecule has 1 aromatic carbocycles. The zero-order valence-electron chi connectivity index (χ0n) is 30.5. The van der Waals surface area contributed by atoms with Gasteiger partial charge < -0.3 is 44.5 Å². The lowest BCUT2D eigenvalue weighted by atomic mass is 10.0. The lowest BCUT2D eigenvalue weighted by Gasteiger charge is -2.34. The van der Waals surface area contributed by atoms with Gasteiger partial charge in [0.15, 0.2) is 0 Å². The number of carbonyl (C=O) groups excluding carboxylic acids is 5. The van der Waals surface area contributed by atoms with Crippen LogP contribution in [0.1, 0.15) is 96.3 Å². The van der Waals surface area contributed by atoms with E-state index >= 15 is 0 Å². The van der Waals surface area contributed by atoms with Gasteiger partial charge in [0.1, 0.15) is 18.1 Å². The predicted octanol–water partition coefficient (Wildman–Crippen LogP) is 4.78. The van der Waals surface area contributed by atoms with Crippen molar-refractivity contribution in [2.24, 2.45) is 0 Å². The highest BCUT2D eigenvalue weighted by Crippen LogP contribution is 2.29. The lowest BCUT2D eigenvalue weighted by molar-refractivity contribution is -0.135. The number of benzene rings is 1. The van der Waals surface area contributed by atoms with Crippen LogP contribution in [-0.4, -0.2) is 95.7 Å². The van der Waals surface area contributed by atoms with Crippen molar-refractivity contribution >= 4 is 30.4 Å². The summed E-state index contributed by atoms with van der Waals surface area (Å²) in [6.07, 6.45) is 8.96. The minimum absolute atomic E-state index is 0.0276. The Morgan fingerprint density at radius 2 is 1.06 bits per heavy atom. The average Bonchev–Trinajstić information content (AvgIpc) is 3.14. The first-order chi connectivity index (χ1) is 25.5. The van der Waals surface area contributed by atoms with Gasteiger partial charge in [0.2, 0.25) is 46.6 Å². The van der Waals surface area contributed by atoms with Crippen LogP contribution in [0.25, 0.3) is 0 Å². The molecule has 0 spiro atoms. The third-order valence-corrected chi connectivity index (χ3v) is 7.87. The van der Waals surface area contributed by atoms with Gasteiger partial charge in [0.05, 0.1) is 39.6 Å². The molecule has 1 rings (SSSR count). The molecule has 0 saturated carbocycles. The highest BCUT2D eigenvalue weighted by Gasteiger charge is 2.34. The standard InChI is InChI=1S/C36H54F5N3O9/c1-42-17-10-11-18-43-27(47)16-23-52-26-36(24-50-21-12-19-45,25-51-22-13-20-46)44-28(48)14-8-6-4-2-3-5-7-9-15-29(49)53-35-33(40)31(38)30(37)32(39)34(35)41/h19-20,42H,2-18,21-26H2,1H3,(H,43,47)(H,44,48). The molecule has 12 nitrogen and oxygen atoms in total. The Hall–Kier alpha value is -3.54. The number of carbonyl (C=O) groups is 5. The number of hydrogen-bond donors (Lipinski definition) is 3. The average molecular weight is 768 g/mol. The highest BCUT2D eigenvalue weighted by molar-refractivity contribution is 5.77. The molecule has 2 amide bonds. The molecule has 0 radical (unpaired) electrons. The Morgan fingerprint density at radius 1 is 0.585 bits per heavy atom. The minimum atomic E-state index is -2.34. The van der Waals surface area contributed by atoms with Crippen LogP contribution in [0, 0.1) is 29.1 Å². The number of unbranched alkanes of at least 4 members (excludes halogenated alkanes) is 8. The molecule has 3 N–H and O–H groups in total. The topological polar surface area (TPSA) is 158 Å². The van der Waals surface area contributed by atoms with Crippen molar-refractivity contribution in [1.82, 2.24) is 16.0 Å². The first-order valence-electron chi connectivity index (χ1n) is 18.1. The number of rotatable bonds is 33. The van der Waals surface area contributed by atoms with E-state index in [-0.39, 0.29) is 83.6 Å². The van der Waals surface area contributed by atoms with Gasteiger partial charge in [-0.05, 0) is 39.3 Å². The van der Waals surface area contributed by atoms with Crippen LogP contribution in [0.3, 0.4) is 0 Å². The fourth-order valence-corrected chi connectivity index (χ4v) is 5.02. The summed E-state index contributed by atoms with van der Waals surface area (Å²) >= 11 is 0. The summed E-state index contributed by atoms with van der Waals surface area (Å²) in [7, 11) is 1.86. The van der Waals surface area contributed by atoms with Crippen molar-refractivity contribution in [2.75, 3.05) is 59.8 Å².